The molecule has 6 heteroatoms. The minimum Gasteiger partial charge on any atom is -0.207 e. The molecule has 2 rings (SSSR count). The van der Waals surface area contributed by atoms with E-state index < -0.39 is 0 Å². The van der Waals surface area contributed by atoms with Gasteiger partial charge in [0.1, 0.15) is 5.82 Å². The van der Waals surface area contributed by atoms with Gasteiger partial charge in [0.05, 0.1) is 0 Å². The molecule has 0 radical (unpaired) electrons. The Hall–Kier alpha value is -0.880. The summed E-state index contributed by atoms with van der Waals surface area (Å²) in [6.07, 6.45) is 0. The van der Waals surface area contributed by atoms with Gasteiger partial charge in [0.15, 0.2) is 5.82 Å². The van der Waals surface area contributed by atoms with Crippen LogP contribution in [0.1, 0.15) is 0 Å². The van der Waals surface area contributed by atoms with E-state index in [1.165, 1.54) is 12.1 Å². The van der Waals surface area contributed by atoms with Gasteiger partial charge in [0.25, 0.3) is 0 Å². The van der Waals surface area contributed by atoms with Crippen LogP contribution in [0.2, 0.25) is 0 Å². The Morgan fingerprint density at radius 2 is 1.67 bits per heavy atom. The molecule has 1 aromatic heterocycles. The Morgan fingerprint density at radius 3 is 2.27 bits per heavy atom. The summed E-state index contributed by atoms with van der Waals surface area (Å²) in [6.45, 7) is 0. The Balaban J connectivity index is 2.54. The van der Waals surface area contributed by atoms with Crippen LogP contribution in [0.15, 0.2) is 33.7 Å². The fraction of sp³-hybridized carbons (Fsp3) is 0. The van der Waals surface area contributed by atoms with Gasteiger partial charge in [0, 0.05) is 5.56 Å². The highest BCUT2D eigenvalue weighted by atomic mass is 79.9. The highest BCUT2D eigenvalue weighted by molar-refractivity contribution is 9.11. The molecule has 0 atom stereocenters. The zero-order chi connectivity index (χ0) is 10.8. The van der Waals surface area contributed by atoms with E-state index in [-0.39, 0.29) is 5.82 Å². The number of aromatic nitrogens is 3. The predicted octanol–water partition coefficient (Wildman–Crippen LogP) is 3.20. The summed E-state index contributed by atoms with van der Waals surface area (Å²) in [6, 6.07) is 6.08. The van der Waals surface area contributed by atoms with Crippen LogP contribution in [0.5, 0.6) is 0 Å². The minimum atomic E-state index is -0.319. The van der Waals surface area contributed by atoms with E-state index in [0.29, 0.717) is 20.9 Å². The van der Waals surface area contributed by atoms with Gasteiger partial charge in [-0.3, -0.25) is 0 Å². The molecule has 1 aromatic carbocycles. The highest BCUT2D eigenvalue weighted by Gasteiger charge is 2.05. The number of rotatable bonds is 1. The van der Waals surface area contributed by atoms with Crippen molar-refractivity contribution in [1.29, 1.82) is 0 Å². The van der Waals surface area contributed by atoms with Crippen molar-refractivity contribution in [2.45, 2.75) is 0 Å². The zero-order valence-electron chi connectivity index (χ0n) is 7.28. The molecular weight excluding hydrogens is 329 g/mol. The molecule has 1 heterocycles. The van der Waals surface area contributed by atoms with Crippen molar-refractivity contribution in [3.05, 3.63) is 39.6 Å². The summed E-state index contributed by atoms with van der Waals surface area (Å²) < 4.78 is 13.8. The number of nitrogens with zero attached hydrogens (tertiary/aromatic N) is 3. The van der Waals surface area contributed by atoms with Crippen LogP contribution in [0.25, 0.3) is 11.4 Å². The second-order valence-corrected chi connectivity index (χ2v) is 4.13. The molecule has 0 saturated carbocycles. The second kappa shape index (κ2) is 4.32. The number of hydrogen-bond acceptors (Lipinski definition) is 3. The molecule has 2 aromatic rings. The molecule has 0 saturated heterocycles. The van der Waals surface area contributed by atoms with Crippen LogP contribution < -0.4 is 0 Å². The van der Waals surface area contributed by atoms with E-state index in [1.807, 2.05) is 0 Å². The lowest BCUT2D eigenvalue weighted by molar-refractivity contribution is 0.628. The molecule has 15 heavy (non-hydrogen) atoms. The molecule has 0 bridgehead atoms. The average Bonchev–Trinajstić information content (AvgIpc) is 2.16. The first-order valence-corrected chi connectivity index (χ1v) is 5.57. The van der Waals surface area contributed by atoms with E-state index in [9.17, 15) is 4.39 Å². The van der Waals surface area contributed by atoms with Crippen LogP contribution in [0, 0.1) is 5.82 Å². The highest BCUT2D eigenvalue weighted by Crippen LogP contribution is 2.19. The standard InChI is InChI=1S/C9H4Br2FN3/c10-8-13-7(14-9(11)15-8)5-2-1-3-6(12)4-5/h1-4H. The maximum atomic E-state index is 13.0. The molecule has 0 aliphatic heterocycles. The molecule has 76 valence electrons. The van der Waals surface area contributed by atoms with Crippen LogP contribution in [-0.2, 0) is 0 Å². The third kappa shape index (κ3) is 2.57. The lowest BCUT2D eigenvalue weighted by Crippen LogP contribution is -1.94. The third-order valence-electron chi connectivity index (χ3n) is 1.66. The van der Waals surface area contributed by atoms with Crippen LogP contribution >= 0.6 is 31.9 Å². The molecule has 0 aliphatic carbocycles. The summed E-state index contributed by atoms with van der Waals surface area (Å²) in [4.78, 5) is 12.0. The van der Waals surface area contributed by atoms with Crippen molar-refractivity contribution in [3.63, 3.8) is 0 Å². The zero-order valence-corrected chi connectivity index (χ0v) is 10.5. The lowest BCUT2D eigenvalue weighted by Gasteiger charge is -2.00. The van der Waals surface area contributed by atoms with Gasteiger partial charge in [-0.15, -0.1) is 0 Å². The van der Waals surface area contributed by atoms with Crippen LogP contribution in [0.3, 0.4) is 0 Å². The van der Waals surface area contributed by atoms with Crippen molar-refractivity contribution in [2.24, 2.45) is 0 Å². The van der Waals surface area contributed by atoms with Crippen molar-refractivity contribution >= 4 is 31.9 Å². The van der Waals surface area contributed by atoms with E-state index in [1.54, 1.807) is 12.1 Å². The number of hydrogen-bond donors (Lipinski definition) is 0. The second-order valence-electron chi connectivity index (χ2n) is 2.71. The largest absolute Gasteiger partial charge is 0.207 e. The summed E-state index contributed by atoms with van der Waals surface area (Å²) in [5.74, 6) is 0.100. The fourth-order valence-electron chi connectivity index (χ4n) is 1.08. The SMILES string of the molecule is Fc1cccc(-c2nc(Br)nc(Br)n2)c1. The van der Waals surface area contributed by atoms with Gasteiger partial charge in [0.2, 0.25) is 9.47 Å². The predicted molar refractivity (Wildman–Crippen MR) is 60.6 cm³/mol. The Kier molecular flexibility index (Phi) is 3.06. The van der Waals surface area contributed by atoms with Crippen LogP contribution in [0.4, 0.5) is 4.39 Å². The van der Waals surface area contributed by atoms with Crippen molar-refractivity contribution in [2.75, 3.05) is 0 Å². The maximum Gasteiger partial charge on any atom is 0.201 e. The molecule has 0 N–H and O–H groups in total. The molecule has 0 unspecified atom stereocenters. The number of halogens is 3. The normalized spacial score (nSPS) is 10.3. The molecule has 3 nitrogen and oxygen atoms in total. The van der Waals surface area contributed by atoms with Gasteiger partial charge in [-0.1, -0.05) is 12.1 Å². The third-order valence-corrected chi connectivity index (χ3v) is 2.37. The van der Waals surface area contributed by atoms with Gasteiger partial charge in [-0.25, -0.2) is 14.4 Å². The first-order valence-electron chi connectivity index (χ1n) is 3.98. The molecule has 0 fully saturated rings. The lowest BCUT2D eigenvalue weighted by atomic mass is 10.2. The van der Waals surface area contributed by atoms with Gasteiger partial charge in [-0.2, -0.15) is 4.98 Å². The van der Waals surface area contributed by atoms with Crippen LogP contribution in [-0.4, -0.2) is 15.0 Å². The Bertz CT molecular complexity index is 484. The minimum absolute atomic E-state index is 0.319. The van der Waals surface area contributed by atoms with Gasteiger partial charge >= 0.3 is 0 Å². The summed E-state index contributed by atoms with van der Waals surface area (Å²) in [7, 11) is 0. The topological polar surface area (TPSA) is 38.7 Å². The molecule has 0 aliphatic rings. The van der Waals surface area contributed by atoms with Gasteiger partial charge in [-0.05, 0) is 44.0 Å². The summed E-state index contributed by atoms with van der Waals surface area (Å²) >= 11 is 6.29. The monoisotopic (exact) mass is 331 g/mol. The fourth-order valence-corrected chi connectivity index (χ4v) is 1.99. The maximum absolute atomic E-state index is 13.0. The number of benzene rings is 1. The molecule has 0 amide bonds. The van der Waals surface area contributed by atoms with Gasteiger partial charge < -0.3 is 0 Å². The summed E-state index contributed by atoms with van der Waals surface area (Å²) in [5, 5.41) is 0. The smallest absolute Gasteiger partial charge is 0.201 e. The Labute approximate surface area is 102 Å². The first kappa shape index (κ1) is 10.6. The van der Waals surface area contributed by atoms with Crippen molar-refractivity contribution < 1.29 is 4.39 Å². The van der Waals surface area contributed by atoms with E-state index >= 15 is 0 Å². The quantitative estimate of drug-likeness (QED) is 0.805. The molecular formula is C9H4Br2FN3. The molecule has 0 spiro atoms. The van der Waals surface area contributed by atoms with E-state index in [4.69, 9.17) is 0 Å². The van der Waals surface area contributed by atoms with E-state index in [2.05, 4.69) is 46.8 Å². The van der Waals surface area contributed by atoms with Crippen molar-refractivity contribution in [3.8, 4) is 11.4 Å². The Morgan fingerprint density at radius 1 is 1.00 bits per heavy atom. The van der Waals surface area contributed by atoms with Crippen molar-refractivity contribution in [1.82, 2.24) is 15.0 Å². The summed E-state index contributed by atoms with van der Waals surface area (Å²) in [5.41, 5.74) is 0.610. The first-order chi connectivity index (χ1) is 7.15. The average molecular weight is 333 g/mol. The van der Waals surface area contributed by atoms with E-state index in [0.717, 1.165) is 0 Å².